The average molecular weight is 405 g/mol. The molecule has 136 valence electrons. The zero-order chi connectivity index (χ0) is 18.2. The molecule has 1 N–H and O–H groups in total. The van der Waals surface area contributed by atoms with Crippen molar-refractivity contribution in [3.05, 3.63) is 56.5 Å². The van der Waals surface area contributed by atoms with E-state index >= 15 is 0 Å². The van der Waals surface area contributed by atoms with Crippen LogP contribution < -0.4 is 14.8 Å². The van der Waals surface area contributed by atoms with E-state index in [2.05, 4.69) is 5.32 Å². The summed E-state index contributed by atoms with van der Waals surface area (Å²) in [6.07, 6.45) is 0. The van der Waals surface area contributed by atoms with E-state index < -0.39 is 0 Å². The highest BCUT2D eigenvalue weighted by Gasteiger charge is 2.13. The molecule has 0 amide bonds. The van der Waals surface area contributed by atoms with Crippen molar-refractivity contribution in [3.8, 4) is 11.5 Å². The summed E-state index contributed by atoms with van der Waals surface area (Å²) >= 11 is 18.4. The maximum atomic E-state index is 6.37. The fourth-order valence-electron chi connectivity index (χ4n) is 2.21. The third-order valence-electron chi connectivity index (χ3n) is 3.49. The Labute approximate surface area is 162 Å². The van der Waals surface area contributed by atoms with Crippen LogP contribution in [0.4, 0.5) is 0 Å². The molecular weight excluding hydrogens is 385 g/mol. The lowest BCUT2D eigenvalue weighted by atomic mass is 10.2. The Bertz CT molecular complexity index is 710. The molecule has 7 heteroatoms. The Morgan fingerprint density at radius 2 is 1.80 bits per heavy atom. The van der Waals surface area contributed by atoms with E-state index in [1.807, 2.05) is 18.2 Å². The van der Waals surface area contributed by atoms with Gasteiger partial charge in [-0.1, -0.05) is 40.9 Å². The maximum absolute atomic E-state index is 6.37. The van der Waals surface area contributed by atoms with Gasteiger partial charge in [0.25, 0.3) is 0 Å². The quantitative estimate of drug-likeness (QED) is 0.599. The molecule has 2 aromatic rings. The SMILES string of the molecule is COCCNCc1cc(Cl)c(OCc2ccc(Cl)cc2Cl)c(OC)c1. The highest BCUT2D eigenvalue weighted by molar-refractivity contribution is 6.35. The number of benzene rings is 2. The van der Waals surface area contributed by atoms with Gasteiger partial charge >= 0.3 is 0 Å². The normalized spacial score (nSPS) is 10.8. The minimum Gasteiger partial charge on any atom is -0.493 e. The van der Waals surface area contributed by atoms with Crippen LogP contribution in [0.3, 0.4) is 0 Å². The fraction of sp³-hybridized carbons (Fsp3) is 0.333. The van der Waals surface area contributed by atoms with Crippen molar-refractivity contribution in [2.24, 2.45) is 0 Å². The number of nitrogens with one attached hydrogen (secondary N) is 1. The van der Waals surface area contributed by atoms with Crippen LogP contribution in [0.15, 0.2) is 30.3 Å². The van der Waals surface area contributed by atoms with Crippen LogP contribution >= 0.6 is 34.8 Å². The number of ether oxygens (including phenoxy) is 3. The molecule has 2 rings (SSSR count). The van der Waals surface area contributed by atoms with Crippen molar-refractivity contribution >= 4 is 34.8 Å². The van der Waals surface area contributed by atoms with Crippen LogP contribution in [0.2, 0.25) is 15.1 Å². The van der Waals surface area contributed by atoms with Gasteiger partial charge in [-0.25, -0.2) is 0 Å². The van der Waals surface area contributed by atoms with Gasteiger partial charge in [0.15, 0.2) is 11.5 Å². The van der Waals surface area contributed by atoms with Gasteiger partial charge in [0, 0.05) is 35.8 Å². The van der Waals surface area contributed by atoms with E-state index in [1.54, 1.807) is 26.4 Å². The summed E-state index contributed by atoms with van der Waals surface area (Å²) in [5.41, 5.74) is 1.81. The van der Waals surface area contributed by atoms with E-state index in [-0.39, 0.29) is 6.61 Å². The highest BCUT2D eigenvalue weighted by atomic mass is 35.5. The third-order valence-corrected chi connectivity index (χ3v) is 4.36. The molecule has 0 radical (unpaired) electrons. The summed E-state index contributed by atoms with van der Waals surface area (Å²) in [6.45, 7) is 2.32. The summed E-state index contributed by atoms with van der Waals surface area (Å²) < 4.78 is 16.3. The zero-order valence-corrected chi connectivity index (χ0v) is 16.3. The van der Waals surface area contributed by atoms with E-state index in [4.69, 9.17) is 49.0 Å². The molecule has 0 fully saturated rings. The Morgan fingerprint density at radius 3 is 2.48 bits per heavy atom. The van der Waals surface area contributed by atoms with E-state index in [1.165, 1.54) is 0 Å². The second kappa shape index (κ2) is 10.1. The summed E-state index contributed by atoms with van der Waals surface area (Å²) in [7, 11) is 3.25. The number of halogens is 3. The molecule has 0 aliphatic rings. The summed E-state index contributed by atoms with van der Waals surface area (Å²) in [5.74, 6) is 1.05. The Hall–Kier alpha value is -1.17. The van der Waals surface area contributed by atoms with Crippen LogP contribution in [-0.2, 0) is 17.9 Å². The number of methoxy groups -OCH3 is 2. The maximum Gasteiger partial charge on any atom is 0.180 e. The largest absolute Gasteiger partial charge is 0.493 e. The molecule has 0 atom stereocenters. The monoisotopic (exact) mass is 403 g/mol. The van der Waals surface area contributed by atoms with Crippen molar-refractivity contribution in [3.63, 3.8) is 0 Å². The minimum atomic E-state index is 0.261. The van der Waals surface area contributed by atoms with Crippen LogP contribution in [0.25, 0.3) is 0 Å². The van der Waals surface area contributed by atoms with Crippen molar-refractivity contribution in [1.82, 2.24) is 5.32 Å². The lowest BCUT2D eigenvalue weighted by Gasteiger charge is -2.15. The first-order valence-electron chi connectivity index (χ1n) is 7.68. The molecule has 0 heterocycles. The molecule has 0 saturated carbocycles. The van der Waals surface area contributed by atoms with Crippen molar-refractivity contribution in [1.29, 1.82) is 0 Å². The minimum absolute atomic E-state index is 0.261. The summed E-state index contributed by atoms with van der Waals surface area (Å²) in [4.78, 5) is 0. The van der Waals surface area contributed by atoms with Gasteiger partial charge < -0.3 is 19.5 Å². The van der Waals surface area contributed by atoms with Crippen LogP contribution in [0.5, 0.6) is 11.5 Å². The molecule has 0 aliphatic heterocycles. The molecule has 0 aliphatic carbocycles. The smallest absolute Gasteiger partial charge is 0.180 e. The van der Waals surface area contributed by atoms with Crippen molar-refractivity contribution in [2.75, 3.05) is 27.4 Å². The lowest BCUT2D eigenvalue weighted by molar-refractivity contribution is 0.199. The molecule has 25 heavy (non-hydrogen) atoms. The predicted octanol–water partition coefficient (Wildman–Crippen LogP) is 4.97. The topological polar surface area (TPSA) is 39.7 Å². The number of hydrogen-bond acceptors (Lipinski definition) is 4. The van der Waals surface area contributed by atoms with Gasteiger partial charge in [-0.3, -0.25) is 0 Å². The van der Waals surface area contributed by atoms with E-state index in [0.29, 0.717) is 39.7 Å². The van der Waals surface area contributed by atoms with Crippen LogP contribution in [-0.4, -0.2) is 27.4 Å². The number of hydrogen-bond donors (Lipinski definition) is 1. The molecule has 0 aromatic heterocycles. The first-order valence-corrected chi connectivity index (χ1v) is 8.81. The first kappa shape index (κ1) is 20.1. The second-order valence-electron chi connectivity index (χ2n) is 5.30. The Kier molecular flexibility index (Phi) is 8.13. The molecule has 0 spiro atoms. The summed E-state index contributed by atoms with van der Waals surface area (Å²) in [6, 6.07) is 9.00. The molecular formula is C18H20Cl3NO3. The van der Waals surface area contributed by atoms with Gasteiger partial charge in [0.05, 0.1) is 18.7 Å². The Balaban J connectivity index is 2.09. The molecule has 0 bridgehead atoms. The van der Waals surface area contributed by atoms with Gasteiger partial charge in [0.1, 0.15) is 6.61 Å². The zero-order valence-electron chi connectivity index (χ0n) is 14.1. The highest BCUT2D eigenvalue weighted by Crippen LogP contribution is 2.37. The molecule has 0 saturated heterocycles. The van der Waals surface area contributed by atoms with Crippen molar-refractivity contribution < 1.29 is 14.2 Å². The average Bonchev–Trinajstić information content (AvgIpc) is 2.58. The molecule has 4 nitrogen and oxygen atoms in total. The fourth-order valence-corrected chi connectivity index (χ4v) is 2.96. The van der Waals surface area contributed by atoms with Gasteiger partial charge in [-0.15, -0.1) is 0 Å². The second-order valence-corrected chi connectivity index (χ2v) is 6.55. The predicted molar refractivity (Wildman–Crippen MR) is 102 cm³/mol. The van der Waals surface area contributed by atoms with Gasteiger partial charge in [-0.2, -0.15) is 0 Å². The molecule has 0 unspecified atom stereocenters. The number of rotatable bonds is 9. The standard InChI is InChI=1S/C18H20Cl3NO3/c1-23-6-5-22-10-12-7-16(21)18(17(8-12)24-2)25-11-13-3-4-14(19)9-15(13)20/h3-4,7-9,22H,5-6,10-11H2,1-2H3. The van der Waals surface area contributed by atoms with Gasteiger partial charge in [-0.05, 0) is 29.8 Å². The molecule has 2 aromatic carbocycles. The van der Waals surface area contributed by atoms with Gasteiger partial charge in [0.2, 0.25) is 0 Å². The summed E-state index contributed by atoms with van der Waals surface area (Å²) in [5, 5.41) is 4.86. The van der Waals surface area contributed by atoms with E-state index in [9.17, 15) is 0 Å². The Morgan fingerprint density at radius 1 is 1.00 bits per heavy atom. The first-order chi connectivity index (χ1) is 12.0. The van der Waals surface area contributed by atoms with Crippen LogP contribution in [0.1, 0.15) is 11.1 Å². The van der Waals surface area contributed by atoms with E-state index in [0.717, 1.165) is 17.7 Å². The third kappa shape index (κ3) is 5.94. The lowest BCUT2D eigenvalue weighted by Crippen LogP contribution is -2.18. The van der Waals surface area contributed by atoms with Crippen LogP contribution in [0, 0.1) is 0 Å². The van der Waals surface area contributed by atoms with Crippen molar-refractivity contribution in [2.45, 2.75) is 13.2 Å².